The van der Waals surface area contributed by atoms with E-state index < -0.39 is 0 Å². The summed E-state index contributed by atoms with van der Waals surface area (Å²) in [6, 6.07) is 16.2. The van der Waals surface area contributed by atoms with Crippen LogP contribution in [0.2, 0.25) is 0 Å². The van der Waals surface area contributed by atoms with Crippen molar-refractivity contribution in [3.05, 3.63) is 71.0 Å². The Morgan fingerprint density at radius 3 is 2.56 bits per heavy atom. The van der Waals surface area contributed by atoms with E-state index in [-0.39, 0.29) is 11.2 Å². The first-order valence-corrected chi connectivity index (χ1v) is 9.80. The molecule has 1 aromatic heterocycles. The van der Waals surface area contributed by atoms with Gasteiger partial charge in [-0.05, 0) is 44.9 Å². The van der Waals surface area contributed by atoms with Gasteiger partial charge in [-0.1, -0.05) is 59.8 Å². The minimum absolute atomic E-state index is 0.0427. The molecule has 0 bridgehead atoms. The van der Waals surface area contributed by atoms with Gasteiger partial charge in [0.05, 0.1) is 11.8 Å². The van der Waals surface area contributed by atoms with E-state index in [4.69, 9.17) is 0 Å². The van der Waals surface area contributed by atoms with Crippen molar-refractivity contribution in [3.8, 4) is 0 Å². The maximum Gasteiger partial charge on any atom is 0.237 e. The SMILES string of the molecule is Cc1ccc(NC(=O)[C@@H](C)Sc2nnc(C)n2Cc2ccccc2)c(C)c1. The summed E-state index contributed by atoms with van der Waals surface area (Å²) in [4.78, 5) is 12.6. The molecule has 1 N–H and O–H groups in total. The maximum atomic E-state index is 12.6. The number of benzene rings is 2. The summed E-state index contributed by atoms with van der Waals surface area (Å²) in [6.07, 6.45) is 0. The predicted molar refractivity (Wildman–Crippen MR) is 110 cm³/mol. The van der Waals surface area contributed by atoms with Crippen molar-refractivity contribution < 1.29 is 4.79 Å². The van der Waals surface area contributed by atoms with Gasteiger partial charge in [0.15, 0.2) is 5.16 Å². The molecule has 5 nitrogen and oxygen atoms in total. The summed E-state index contributed by atoms with van der Waals surface area (Å²) in [7, 11) is 0. The lowest BCUT2D eigenvalue weighted by molar-refractivity contribution is -0.115. The van der Waals surface area contributed by atoms with Gasteiger partial charge in [-0.25, -0.2) is 0 Å². The fraction of sp³-hybridized carbons (Fsp3) is 0.286. The lowest BCUT2D eigenvalue weighted by atomic mass is 10.1. The second-order valence-electron chi connectivity index (χ2n) is 6.67. The number of thioether (sulfide) groups is 1. The number of nitrogens with zero attached hydrogens (tertiary/aromatic N) is 3. The summed E-state index contributed by atoms with van der Waals surface area (Å²) in [6.45, 7) is 8.55. The third kappa shape index (κ3) is 4.77. The Morgan fingerprint density at radius 2 is 1.85 bits per heavy atom. The van der Waals surface area contributed by atoms with E-state index in [2.05, 4.69) is 33.7 Å². The molecule has 0 unspecified atom stereocenters. The van der Waals surface area contributed by atoms with Gasteiger partial charge < -0.3 is 9.88 Å². The number of nitrogens with one attached hydrogen (secondary N) is 1. The van der Waals surface area contributed by atoms with Crippen LogP contribution in [-0.2, 0) is 11.3 Å². The molecule has 140 valence electrons. The molecule has 0 aliphatic rings. The second-order valence-corrected chi connectivity index (χ2v) is 7.98. The zero-order valence-electron chi connectivity index (χ0n) is 16.1. The average Bonchev–Trinajstić information content (AvgIpc) is 2.98. The summed E-state index contributed by atoms with van der Waals surface area (Å²) in [5.41, 5.74) is 4.26. The molecule has 0 saturated carbocycles. The molecular formula is C21H24N4OS. The van der Waals surface area contributed by atoms with E-state index in [0.29, 0.717) is 6.54 Å². The smallest absolute Gasteiger partial charge is 0.237 e. The summed E-state index contributed by atoms with van der Waals surface area (Å²) < 4.78 is 2.04. The monoisotopic (exact) mass is 380 g/mol. The first-order valence-electron chi connectivity index (χ1n) is 8.92. The first kappa shape index (κ1) is 19.2. The zero-order valence-corrected chi connectivity index (χ0v) is 16.9. The average molecular weight is 381 g/mol. The van der Waals surface area contributed by atoms with E-state index in [1.54, 1.807) is 0 Å². The third-order valence-corrected chi connectivity index (χ3v) is 5.46. The molecule has 6 heteroatoms. The standard InChI is InChI=1S/C21H24N4OS/c1-14-10-11-19(15(2)12-14)22-20(26)16(3)27-21-24-23-17(4)25(21)13-18-8-6-5-7-9-18/h5-12,16H,13H2,1-4H3,(H,22,26)/t16-/m1/s1. The van der Waals surface area contributed by atoms with E-state index in [1.807, 2.05) is 62.6 Å². The zero-order chi connectivity index (χ0) is 19.4. The minimum Gasteiger partial charge on any atom is -0.325 e. The highest BCUT2D eigenvalue weighted by molar-refractivity contribution is 8.00. The number of anilines is 1. The Hall–Kier alpha value is -2.60. The molecule has 0 aliphatic heterocycles. The lowest BCUT2D eigenvalue weighted by Gasteiger charge is -2.14. The van der Waals surface area contributed by atoms with Crippen molar-refractivity contribution in [1.29, 1.82) is 0 Å². The van der Waals surface area contributed by atoms with Crippen LogP contribution in [0, 0.1) is 20.8 Å². The molecule has 27 heavy (non-hydrogen) atoms. The largest absolute Gasteiger partial charge is 0.325 e. The van der Waals surface area contributed by atoms with Crippen LogP contribution in [0.15, 0.2) is 53.7 Å². The van der Waals surface area contributed by atoms with Crippen molar-refractivity contribution in [2.24, 2.45) is 0 Å². The Labute approximate surface area is 164 Å². The van der Waals surface area contributed by atoms with Crippen LogP contribution in [0.5, 0.6) is 0 Å². The van der Waals surface area contributed by atoms with E-state index in [1.165, 1.54) is 22.9 Å². The van der Waals surface area contributed by atoms with Gasteiger partial charge in [-0.3, -0.25) is 4.79 Å². The van der Waals surface area contributed by atoms with Gasteiger partial charge in [-0.15, -0.1) is 10.2 Å². The fourth-order valence-corrected chi connectivity index (χ4v) is 3.69. The van der Waals surface area contributed by atoms with Gasteiger partial charge in [-0.2, -0.15) is 0 Å². The van der Waals surface area contributed by atoms with Crippen LogP contribution in [0.4, 0.5) is 5.69 Å². The molecule has 3 rings (SSSR count). The van der Waals surface area contributed by atoms with Crippen LogP contribution < -0.4 is 5.32 Å². The number of rotatable bonds is 6. The van der Waals surface area contributed by atoms with Crippen molar-refractivity contribution in [1.82, 2.24) is 14.8 Å². The first-order chi connectivity index (χ1) is 12.9. The van der Waals surface area contributed by atoms with Gasteiger partial charge in [0.1, 0.15) is 5.82 Å². The molecule has 1 amide bonds. The minimum atomic E-state index is -0.288. The van der Waals surface area contributed by atoms with Crippen molar-refractivity contribution in [2.75, 3.05) is 5.32 Å². The number of aryl methyl sites for hydroxylation is 3. The molecule has 1 heterocycles. The maximum absolute atomic E-state index is 12.6. The molecule has 0 spiro atoms. The number of carbonyl (C=O) groups excluding carboxylic acids is 1. The molecule has 0 saturated heterocycles. The quantitative estimate of drug-likeness (QED) is 0.645. The van der Waals surface area contributed by atoms with Crippen LogP contribution in [0.1, 0.15) is 29.4 Å². The highest BCUT2D eigenvalue weighted by atomic mass is 32.2. The Morgan fingerprint density at radius 1 is 1.11 bits per heavy atom. The van der Waals surface area contributed by atoms with Crippen molar-refractivity contribution in [2.45, 2.75) is 44.6 Å². The fourth-order valence-electron chi connectivity index (χ4n) is 2.80. The third-order valence-electron chi connectivity index (χ3n) is 4.38. The molecule has 2 aromatic carbocycles. The van der Waals surface area contributed by atoms with E-state index in [0.717, 1.165) is 22.2 Å². The normalized spacial score (nSPS) is 12.0. The number of amides is 1. The summed E-state index contributed by atoms with van der Waals surface area (Å²) in [5, 5.41) is 11.9. The van der Waals surface area contributed by atoms with E-state index in [9.17, 15) is 4.79 Å². The number of hydrogen-bond acceptors (Lipinski definition) is 4. The summed E-state index contributed by atoms with van der Waals surface area (Å²) in [5.74, 6) is 0.794. The van der Waals surface area contributed by atoms with Gasteiger partial charge >= 0.3 is 0 Å². The van der Waals surface area contributed by atoms with Crippen molar-refractivity contribution in [3.63, 3.8) is 0 Å². The molecular weight excluding hydrogens is 356 g/mol. The molecule has 0 radical (unpaired) electrons. The van der Waals surface area contributed by atoms with Gasteiger partial charge in [0.25, 0.3) is 0 Å². The van der Waals surface area contributed by atoms with Crippen LogP contribution in [0.25, 0.3) is 0 Å². The number of carbonyl (C=O) groups is 1. The highest BCUT2D eigenvalue weighted by Gasteiger charge is 2.20. The molecule has 1 atom stereocenters. The predicted octanol–water partition coefficient (Wildman–Crippen LogP) is 4.37. The molecule has 0 aliphatic carbocycles. The van der Waals surface area contributed by atoms with Crippen LogP contribution in [-0.4, -0.2) is 25.9 Å². The topological polar surface area (TPSA) is 59.8 Å². The van der Waals surface area contributed by atoms with Crippen LogP contribution >= 0.6 is 11.8 Å². The lowest BCUT2D eigenvalue weighted by Crippen LogP contribution is -2.23. The Kier molecular flexibility index (Phi) is 5.96. The number of aromatic nitrogens is 3. The summed E-state index contributed by atoms with van der Waals surface area (Å²) >= 11 is 1.42. The Bertz CT molecular complexity index is 937. The number of hydrogen-bond donors (Lipinski definition) is 1. The molecule has 3 aromatic rings. The van der Waals surface area contributed by atoms with Crippen molar-refractivity contribution >= 4 is 23.4 Å². The van der Waals surface area contributed by atoms with Gasteiger partial charge in [0, 0.05) is 5.69 Å². The second kappa shape index (κ2) is 8.39. The van der Waals surface area contributed by atoms with Crippen LogP contribution in [0.3, 0.4) is 0 Å². The molecule has 0 fully saturated rings. The highest BCUT2D eigenvalue weighted by Crippen LogP contribution is 2.25. The van der Waals surface area contributed by atoms with E-state index >= 15 is 0 Å². The van der Waals surface area contributed by atoms with Gasteiger partial charge in [0.2, 0.25) is 5.91 Å². The Balaban J connectivity index is 1.70.